The Morgan fingerprint density at radius 1 is 1.00 bits per heavy atom. The van der Waals surface area contributed by atoms with Crippen LogP contribution in [0.1, 0.15) is 21.6 Å². The number of ether oxygens (including phenoxy) is 1. The van der Waals surface area contributed by atoms with Crippen LogP contribution in [-0.2, 0) is 17.2 Å². The summed E-state index contributed by atoms with van der Waals surface area (Å²) in [6.45, 7) is 3.63. The van der Waals surface area contributed by atoms with Crippen molar-refractivity contribution >= 4 is 33.0 Å². The molecule has 0 bridgehead atoms. The number of nitrogens with one attached hydrogen (secondary N) is 2. The third-order valence-corrected chi connectivity index (χ3v) is 6.80. The predicted molar refractivity (Wildman–Crippen MR) is 179 cm³/mol. The Morgan fingerprint density at radius 2 is 1.67 bits per heavy atom. The van der Waals surface area contributed by atoms with Crippen molar-refractivity contribution in [3.8, 4) is 28.3 Å². The Kier molecular flexibility index (Phi) is 10.5. The number of rotatable bonds is 6. The maximum Gasteiger partial charge on any atom is 0.266 e. The van der Waals surface area contributed by atoms with E-state index in [0.29, 0.717) is 12.5 Å². The van der Waals surface area contributed by atoms with Crippen LogP contribution in [0.15, 0.2) is 96.2 Å². The highest BCUT2D eigenvalue weighted by atomic mass is 32.2. The number of H-pyrrole nitrogens is 1. The minimum atomic E-state index is -3.67. The molecule has 6 aromatic rings. The second kappa shape index (κ2) is 14.5. The topological polar surface area (TPSA) is 161 Å². The second-order valence-corrected chi connectivity index (χ2v) is 11.7. The number of nitrogens with zero attached hydrogens (tertiary/aromatic N) is 4. The van der Waals surface area contributed by atoms with Crippen LogP contribution in [0, 0.1) is 13.8 Å². The largest absolute Gasteiger partial charge is 0.457 e. The number of anilines is 1. The summed E-state index contributed by atoms with van der Waals surface area (Å²) in [7, 11) is 0.154. The Balaban J connectivity index is 0.000000191. The number of para-hydroxylation sites is 1. The van der Waals surface area contributed by atoms with Crippen molar-refractivity contribution in [2.75, 3.05) is 18.6 Å². The number of carbonyl (C=O) groups excluding carboxylic acids is 1. The van der Waals surface area contributed by atoms with Crippen molar-refractivity contribution in [2.24, 2.45) is 7.05 Å². The van der Waals surface area contributed by atoms with E-state index in [9.17, 15) is 18.0 Å². The Labute approximate surface area is 266 Å². The number of hydrogen-bond donors (Lipinski definition) is 3. The smallest absolute Gasteiger partial charge is 0.266 e. The summed E-state index contributed by atoms with van der Waals surface area (Å²) in [5.41, 5.74) is 6.31. The number of fused-ring (bicyclic) bond motifs is 1. The third-order valence-electron chi connectivity index (χ3n) is 6.80. The minimum absolute atomic E-state index is 0.222. The van der Waals surface area contributed by atoms with Gasteiger partial charge in [-0.25, -0.2) is 0 Å². The van der Waals surface area contributed by atoms with E-state index in [4.69, 9.17) is 9.29 Å². The summed E-state index contributed by atoms with van der Waals surface area (Å²) >= 11 is 0. The molecule has 3 aromatic heterocycles. The first kappa shape index (κ1) is 33.4. The molecule has 0 radical (unpaired) electrons. The summed E-state index contributed by atoms with van der Waals surface area (Å²) in [5, 5.41) is 15.4. The molecule has 0 fully saturated rings. The van der Waals surface area contributed by atoms with Crippen LogP contribution in [0.3, 0.4) is 0 Å². The highest BCUT2D eigenvalue weighted by Crippen LogP contribution is 2.36. The van der Waals surface area contributed by atoms with Gasteiger partial charge in [0.05, 0.1) is 29.7 Å². The van der Waals surface area contributed by atoms with Gasteiger partial charge in [0.15, 0.2) is 6.29 Å². The maximum atomic E-state index is 12.2. The van der Waals surface area contributed by atoms with E-state index in [1.54, 1.807) is 17.7 Å². The molecule has 0 saturated heterocycles. The molecule has 0 unspecified atom stereocenters. The SMILES string of the molecule is CNc1ccc(Oc2cc3cnn(C)c3cc2-c2cn[nH]c2)cc1.CS(=O)(=O)O.Cc1cc(C)n(-c2ccccc2)c(=O)c1C=O. The monoisotopic (exact) mass is 642 g/mol. The average molecular weight is 643 g/mol. The van der Waals surface area contributed by atoms with Gasteiger partial charge in [-0.1, -0.05) is 18.2 Å². The molecule has 0 amide bonds. The standard InChI is InChI=1S/C18H17N5O.C14H13NO2.CH4O3S/c1-19-14-3-5-15(6-4-14)24-18-7-12-11-22-23(2)17(12)8-16(18)13-9-20-21-10-13;1-10-8-11(2)15(14(17)13(10)9-16)12-6-4-3-5-7-12;1-5(2,3)4/h3-11,19H,1-2H3,(H,20,21);3-9H,1-2H3;1H3,(H,2,3,4). The number of benzene rings is 3. The maximum absolute atomic E-state index is 12.2. The van der Waals surface area contributed by atoms with Crippen molar-refractivity contribution in [1.82, 2.24) is 24.5 Å². The van der Waals surface area contributed by atoms with Crippen LogP contribution in [0.2, 0.25) is 0 Å². The van der Waals surface area contributed by atoms with Crippen molar-refractivity contribution in [1.29, 1.82) is 0 Å². The van der Waals surface area contributed by atoms with Crippen LogP contribution in [-0.4, -0.2) is 57.1 Å². The summed E-state index contributed by atoms with van der Waals surface area (Å²) in [5.74, 6) is 1.55. The number of aryl methyl sites for hydroxylation is 3. The van der Waals surface area contributed by atoms with Gasteiger partial charge in [0.25, 0.3) is 15.7 Å². The zero-order valence-corrected chi connectivity index (χ0v) is 26.7. The third kappa shape index (κ3) is 8.34. The summed E-state index contributed by atoms with van der Waals surface area (Å²) < 4.78 is 35.4. The molecule has 6 rings (SSSR count). The molecule has 13 heteroatoms. The van der Waals surface area contributed by atoms with Crippen molar-refractivity contribution in [3.05, 3.63) is 119 Å². The first-order chi connectivity index (χ1) is 21.9. The average Bonchev–Trinajstić information content (AvgIpc) is 3.67. The van der Waals surface area contributed by atoms with Gasteiger partial charge in [0.1, 0.15) is 11.5 Å². The molecule has 238 valence electrons. The number of aromatic nitrogens is 5. The van der Waals surface area contributed by atoms with E-state index >= 15 is 0 Å². The van der Waals surface area contributed by atoms with Crippen LogP contribution < -0.4 is 15.6 Å². The van der Waals surface area contributed by atoms with Gasteiger partial charge >= 0.3 is 0 Å². The van der Waals surface area contributed by atoms with Crippen molar-refractivity contribution in [3.63, 3.8) is 0 Å². The lowest BCUT2D eigenvalue weighted by Gasteiger charge is -2.12. The zero-order chi connectivity index (χ0) is 33.4. The molecular weight excluding hydrogens is 608 g/mol. The molecule has 0 saturated carbocycles. The molecule has 0 aliphatic heterocycles. The normalized spacial score (nSPS) is 10.7. The quantitative estimate of drug-likeness (QED) is 0.156. The molecule has 0 spiro atoms. The van der Waals surface area contributed by atoms with E-state index in [-0.39, 0.29) is 11.1 Å². The molecule has 3 aromatic carbocycles. The molecule has 0 aliphatic carbocycles. The lowest BCUT2D eigenvalue weighted by Crippen LogP contribution is -2.25. The fourth-order valence-corrected chi connectivity index (χ4v) is 4.65. The van der Waals surface area contributed by atoms with Crippen LogP contribution >= 0.6 is 0 Å². The molecular formula is C33H34N6O6S. The van der Waals surface area contributed by atoms with E-state index in [2.05, 4.69) is 26.7 Å². The highest BCUT2D eigenvalue weighted by molar-refractivity contribution is 7.85. The van der Waals surface area contributed by atoms with Gasteiger partial charge in [-0.2, -0.15) is 18.6 Å². The molecule has 0 aliphatic rings. The fourth-order valence-electron chi connectivity index (χ4n) is 4.65. The molecule has 12 nitrogen and oxygen atoms in total. The first-order valence-electron chi connectivity index (χ1n) is 14.0. The highest BCUT2D eigenvalue weighted by Gasteiger charge is 2.13. The number of hydrogen-bond acceptors (Lipinski definition) is 8. The lowest BCUT2D eigenvalue weighted by atomic mass is 10.1. The van der Waals surface area contributed by atoms with Gasteiger partial charge in [0, 0.05) is 53.9 Å². The van der Waals surface area contributed by atoms with Gasteiger partial charge < -0.3 is 10.1 Å². The Bertz CT molecular complexity index is 2100. The van der Waals surface area contributed by atoms with Crippen molar-refractivity contribution < 1.29 is 22.5 Å². The van der Waals surface area contributed by atoms with Gasteiger partial charge in [0.2, 0.25) is 0 Å². The zero-order valence-electron chi connectivity index (χ0n) is 25.9. The second-order valence-electron chi connectivity index (χ2n) is 10.2. The van der Waals surface area contributed by atoms with Gasteiger partial charge in [-0.3, -0.25) is 28.5 Å². The Morgan fingerprint density at radius 3 is 2.26 bits per heavy atom. The number of aldehydes is 1. The van der Waals surface area contributed by atoms with Crippen LogP contribution in [0.5, 0.6) is 11.5 Å². The first-order valence-corrected chi connectivity index (χ1v) is 15.8. The van der Waals surface area contributed by atoms with Crippen LogP contribution in [0.4, 0.5) is 5.69 Å². The molecule has 3 N–H and O–H groups in total. The van der Waals surface area contributed by atoms with Gasteiger partial charge in [-0.15, -0.1) is 0 Å². The fraction of sp³-hybridized carbons (Fsp3) is 0.152. The van der Waals surface area contributed by atoms with Crippen molar-refractivity contribution in [2.45, 2.75) is 13.8 Å². The molecule has 46 heavy (non-hydrogen) atoms. The minimum Gasteiger partial charge on any atom is -0.457 e. The van der Waals surface area contributed by atoms with Gasteiger partial charge in [-0.05, 0) is 74.0 Å². The number of carbonyl (C=O) groups is 1. The predicted octanol–water partition coefficient (Wildman–Crippen LogP) is 5.57. The number of pyridine rings is 1. The van der Waals surface area contributed by atoms with E-state index < -0.39 is 10.1 Å². The summed E-state index contributed by atoms with van der Waals surface area (Å²) in [6.07, 6.45) is 6.82. The van der Waals surface area contributed by atoms with E-state index in [1.807, 2.05) is 105 Å². The lowest BCUT2D eigenvalue weighted by molar-refractivity contribution is 0.112. The summed E-state index contributed by atoms with van der Waals surface area (Å²) in [4.78, 5) is 23.1. The summed E-state index contributed by atoms with van der Waals surface area (Å²) in [6, 6.07) is 23.1. The molecule has 0 atom stereocenters. The Hall–Kier alpha value is -5.53. The molecule has 3 heterocycles. The van der Waals surface area contributed by atoms with E-state index in [1.165, 1.54) is 0 Å². The number of aromatic amines is 1. The van der Waals surface area contributed by atoms with E-state index in [0.717, 1.165) is 56.2 Å². The van der Waals surface area contributed by atoms with Crippen LogP contribution in [0.25, 0.3) is 27.7 Å².